The molecule has 0 aromatic carbocycles. The molecule has 0 saturated heterocycles. The number of pyridine rings is 1. The van der Waals surface area contributed by atoms with Crippen LogP contribution in [0.2, 0.25) is 0 Å². The Labute approximate surface area is 131 Å². The van der Waals surface area contributed by atoms with E-state index in [1.165, 1.54) is 14.2 Å². The normalized spacial score (nSPS) is 24.4. The molecule has 1 heterocycles. The second-order valence-electron chi connectivity index (χ2n) is 4.77. The fourth-order valence-corrected chi connectivity index (χ4v) is 2.83. The van der Waals surface area contributed by atoms with Gasteiger partial charge in [-0.05, 0) is 34.5 Å². The van der Waals surface area contributed by atoms with E-state index in [1.807, 2.05) is 24.3 Å². The van der Waals surface area contributed by atoms with Crippen LogP contribution in [0.4, 0.5) is 0 Å². The Morgan fingerprint density at radius 2 is 1.95 bits per heavy atom. The van der Waals surface area contributed by atoms with E-state index >= 15 is 0 Å². The maximum absolute atomic E-state index is 12.1. The van der Waals surface area contributed by atoms with Crippen LogP contribution in [0.25, 0.3) is 0 Å². The van der Waals surface area contributed by atoms with E-state index in [0.29, 0.717) is 6.42 Å². The number of rotatable bonds is 3. The standard InChI is InChI=1S/C15H16BrNO4/c1-20-14(18)11-5-3-4-10(13(11)15(19)21-2)12-7-6-9(16)8-17-12/h3-4,6-8,10-11,13H,5H2,1-2H3/t10-,11-,13-/m1/s1. The largest absolute Gasteiger partial charge is 0.469 e. The molecule has 112 valence electrons. The number of hydrogen-bond donors (Lipinski definition) is 0. The van der Waals surface area contributed by atoms with Gasteiger partial charge in [-0.25, -0.2) is 0 Å². The van der Waals surface area contributed by atoms with Gasteiger partial charge in [-0.15, -0.1) is 0 Å². The van der Waals surface area contributed by atoms with Crippen LogP contribution in [-0.4, -0.2) is 31.1 Å². The van der Waals surface area contributed by atoms with E-state index in [9.17, 15) is 9.59 Å². The molecule has 0 amide bonds. The number of halogens is 1. The molecule has 1 aromatic heterocycles. The molecule has 0 unspecified atom stereocenters. The summed E-state index contributed by atoms with van der Waals surface area (Å²) in [5.74, 6) is -2.31. The molecule has 0 bridgehead atoms. The number of esters is 2. The van der Waals surface area contributed by atoms with Crippen LogP contribution in [0.1, 0.15) is 18.0 Å². The van der Waals surface area contributed by atoms with Gasteiger partial charge >= 0.3 is 11.9 Å². The molecule has 21 heavy (non-hydrogen) atoms. The summed E-state index contributed by atoms with van der Waals surface area (Å²) < 4.78 is 10.5. The lowest BCUT2D eigenvalue weighted by Gasteiger charge is -2.30. The van der Waals surface area contributed by atoms with Crippen LogP contribution in [-0.2, 0) is 19.1 Å². The summed E-state index contributed by atoms with van der Waals surface area (Å²) in [6.07, 6.45) is 5.91. The number of carbonyl (C=O) groups excluding carboxylic acids is 2. The first kappa shape index (κ1) is 15.7. The van der Waals surface area contributed by atoms with Crippen molar-refractivity contribution in [1.29, 1.82) is 0 Å². The monoisotopic (exact) mass is 353 g/mol. The summed E-state index contributed by atoms with van der Waals surface area (Å²) in [5.41, 5.74) is 0.721. The minimum atomic E-state index is -0.624. The van der Waals surface area contributed by atoms with Crippen molar-refractivity contribution < 1.29 is 19.1 Å². The lowest BCUT2D eigenvalue weighted by molar-refractivity contribution is -0.158. The maximum atomic E-state index is 12.1. The molecule has 0 aliphatic heterocycles. The third kappa shape index (κ3) is 3.32. The quantitative estimate of drug-likeness (QED) is 0.616. The summed E-state index contributed by atoms with van der Waals surface area (Å²) in [6, 6.07) is 3.68. The molecule has 1 aliphatic rings. The predicted molar refractivity (Wildman–Crippen MR) is 79.4 cm³/mol. The summed E-state index contributed by atoms with van der Waals surface area (Å²) in [5, 5.41) is 0. The molecule has 0 radical (unpaired) electrons. The Bertz CT molecular complexity index is 555. The predicted octanol–water partition coefficient (Wildman–Crippen LogP) is 2.47. The van der Waals surface area contributed by atoms with Crippen molar-refractivity contribution in [3.8, 4) is 0 Å². The van der Waals surface area contributed by atoms with E-state index in [1.54, 1.807) is 6.20 Å². The van der Waals surface area contributed by atoms with Gasteiger partial charge in [0.05, 0.1) is 26.1 Å². The second kappa shape index (κ2) is 6.85. The number of hydrogen-bond acceptors (Lipinski definition) is 5. The third-order valence-corrected chi connectivity index (χ3v) is 4.09. The molecule has 0 spiro atoms. The average Bonchev–Trinajstić information content (AvgIpc) is 2.53. The van der Waals surface area contributed by atoms with Crippen molar-refractivity contribution >= 4 is 27.9 Å². The summed E-state index contributed by atoms with van der Waals surface area (Å²) in [4.78, 5) is 28.4. The molecule has 0 fully saturated rings. The Balaban J connectivity index is 2.39. The van der Waals surface area contributed by atoms with Crippen molar-refractivity contribution in [2.24, 2.45) is 11.8 Å². The molecule has 6 heteroatoms. The van der Waals surface area contributed by atoms with Gasteiger partial charge in [0.15, 0.2) is 0 Å². The third-order valence-electron chi connectivity index (χ3n) is 3.62. The number of aromatic nitrogens is 1. The average molecular weight is 354 g/mol. The molecule has 2 rings (SSSR count). The van der Waals surface area contributed by atoms with E-state index in [0.717, 1.165) is 10.2 Å². The van der Waals surface area contributed by atoms with Gasteiger partial charge in [-0.2, -0.15) is 0 Å². The smallest absolute Gasteiger partial charge is 0.310 e. The maximum Gasteiger partial charge on any atom is 0.310 e. The first-order chi connectivity index (χ1) is 10.1. The molecule has 0 N–H and O–H groups in total. The SMILES string of the molecule is COC(=O)[C@@H]1[C@@H](c2ccc(Br)cn2)C=CC[C@H]1C(=O)OC. The van der Waals surface area contributed by atoms with Crippen molar-refractivity contribution in [2.75, 3.05) is 14.2 Å². The van der Waals surface area contributed by atoms with Crippen LogP contribution in [0.15, 0.2) is 35.0 Å². The van der Waals surface area contributed by atoms with Crippen molar-refractivity contribution in [1.82, 2.24) is 4.98 Å². The van der Waals surface area contributed by atoms with Crippen LogP contribution >= 0.6 is 15.9 Å². The Morgan fingerprint density at radius 3 is 2.52 bits per heavy atom. The van der Waals surface area contributed by atoms with E-state index in [-0.39, 0.29) is 5.92 Å². The van der Waals surface area contributed by atoms with Gasteiger partial charge in [0.2, 0.25) is 0 Å². The van der Waals surface area contributed by atoms with Crippen LogP contribution in [0, 0.1) is 11.8 Å². The number of carbonyl (C=O) groups is 2. The number of allylic oxidation sites excluding steroid dienone is 2. The fourth-order valence-electron chi connectivity index (χ4n) is 2.60. The molecule has 0 saturated carbocycles. The van der Waals surface area contributed by atoms with E-state index in [2.05, 4.69) is 20.9 Å². The highest BCUT2D eigenvalue weighted by atomic mass is 79.9. The topological polar surface area (TPSA) is 65.5 Å². The highest BCUT2D eigenvalue weighted by Gasteiger charge is 2.42. The minimum Gasteiger partial charge on any atom is -0.469 e. The highest BCUT2D eigenvalue weighted by Crippen LogP contribution is 2.38. The van der Waals surface area contributed by atoms with Gasteiger partial charge < -0.3 is 9.47 Å². The number of nitrogens with zero attached hydrogens (tertiary/aromatic N) is 1. The molecule has 3 atom stereocenters. The summed E-state index contributed by atoms with van der Waals surface area (Å²) in [7, 11) is 2.64. The molecular formula is C15H16BrNO4. The first-order valence-electron chi connectivity index (χ1n) is 6.52. The molecular weight excluding hydrogens is 338 g/mol. The van der Waals surface area contributed by atoms with Crippen LogP contribution in [0.3, 0.4) is 0 Å². The first-order valence-corrected chi connectivity index (χ1v) is 7.31. The van der Waals surface area contributed by atoms with Gasteiger partial charge in [0.25, 0.3) is 0 Å². The van der Waals surface area contributed by atoms with Crippen LogP contribution in [0.5, 0.6) is 0 Å². The Hall–Kier alpha value is -1.69. The summed E-state index contributed by atoms with van der Waals surface area (Å²) >= 11 is 3.33. The fraction of sp³-hybridized carbons (Fsp3) is 0.400. The Morgan fingerprint density at radius 1 is 1.24 bits per heavy atom. The minimum absolute atomic E-state index is 0.302. The number of methoxy groups -OCH3 is 2. The van der Waals surface area contributed by atoms with Crippen LogP contribution < -0.4 is 0 Å². The zero-order valence-electron chi connectivity index (χ0n) is 11.8. The molecule has 1 aromatic rings. The van der Waals surface area contributed by atoms with Gasteiger partial charge in [0, 0.05) is 22.3 Å². The number of ether oxygens (including phenoxy) is 2. The highest BCUT2D eigenvalue weighted by molar-refractivity contribution is 9.10. The van der Waals surface area contributed by atoms with Crippen molar-refractivity contribution in [2.45, 2.75) is 12.3 Å². The van der Waals surface area contributed by atoms with E-state index < -0.39 is 23.8 Å². The van der Waals surface area contributed by atoms with E-state index in [4.69, 9.17) is 9.47 Å². The van der Waals surface area contributed by atoms with Gasteiger partial charge in [-0.1, -0.05) is 12.2 Å². The van der Waals surface area contributed by atoms with Crippen molar-refractivity contribution in [3.63, 3.8) is 0 Å². The molecule has 5 nitrogen and oxygen atoms in total. The van der Waals surface area contributed by atoms with Gasteiger partial charge in [-0.3, -0.25) is 14.6 Å². The summed E-state index contributed by atoms with van der Waals surface area (Å²) in [6.45, 7) is 0. The lowest BCUT2D eigenvalue weighted by atomic mass is 9.74. The second-order valence-corrected chi connectivity index (χ2v) is 5.69. The zero-order chi connectivity index (χ0) is 15.4. The van der Waals surface area contributed by atoms with Crippen molar-refractivity contribution in [3.05, 3.63) is 40.6 Å². The Kier molecular flexibility index (Phi) is 5.12. The molecule has 1 aliphatic carbocycles. The zero-order valence-corrected chi connectivity index (χ0v) is 13.4. The van der Waals surface area contributed by atoms with Gasteiger partial charge in [0.1, 0.15) is 0 Å². The lowest BCUT2D eigenvalue weighted by Crippen LogP contribution is -2.37.